The second-order valence-electron chi connectivity index (χ2n) is 7.74. The Hall–Kier alpha value is -2.73. The molecule has 2 aromatic heterocycles. The van der Waals surface area contributed by atoms with Crippen molar-refractivity contribution in [2.24, 2.45) is 0 Å². The predicted molar refractivity (Wildman–Crippen MR) is 110 cm³/mol. The van der Waals surface area contributed by atoms with E-state index in [-0.39, 0.29) is 5.91 Å². The molecule has 0 bridgehead atoms. The van der Waals surface area contributed by atoms with Crippen LogP contribution in [0.4, 0.5) is 0 Å². The number of nitrogens with zero attached hydrogens (tertiary/aromatic N) is 5. The van der Waals surface area contributed by atoms with Gasteiger partial charge in [-0.2, -0.15) is 0 Å². The molecule has 3 heterocycles. The highest BCUT2D eigenvalue weighted by molar-refractivity contribution is 5.95. The topological polar surface area (TPSA) is 54.3 Å². The molecule has 28 heavy (non-hydrogen) atoms. The van der Waals surface area contributed by atoms with Gasteiger partial charge in [0.2, 0.25) is 0 Å². The molecule has 6 nitrogen and oxygen atoms in total. The molecule has 0 saturated carbocycles. The molecule has 1 saturated heterocycles. The van der Waals surface area contributed by atoms with Crippen molar-refractivity contribution in [3.05, 3.63) is 60.3 Å². The molecule has 6 heteroatoms. The van der Waals surface area contributed by atoms with Gasteiger partial charge in [0.25, 0.3) is 5.91 Å². The Kier molecular flexibility index (Phi) is 5.39. The van der Waals surface area contributed by atoms with Crippen LogP contribution in [0.3, 0.4) is 0 Å². The summed E-state index contributed by atoms with van der Waals surface area (Å²) in [7, 11) is 4.17. The molecular formula is C22H27N5O. The van der Waals surface area contributed by atoms with E-state index in [1.807, 2.05) is 47.5 Å². The molecule has 4 rings (SSSR count). The summed E-state index contributed by atoms with van der Waals surface area (Å²) in [5, 5.41) is 1.06. The number of hydrogen-bond acceptors (Lipinski definition) is 4. The molecule has 0 unspecified atom stereocenters. The van der Waals surface area contributed by atoms with Gasteiger partial charge in [-0.05, 0) is 39.1 Å². The Bertz CT molecular complexity index is 956. The Morgan fingerprint density at radius 3 is 2.71 bits per heavy atom. The van der Waals surface area contributed by atoms with E-state index in [0.717, 1.165) is 55.7 Å². The lowest BCUT2D eigenvalue weighted by molar-refractivity contribution is 0.0704. The summed E-state index contributed by atoms with van der Waals surface area (Å²) < 4.78 is 2.26. The number of para-hydroxylation sites is 1. The number of aromatic nitrogens is 3. The first-order valence-electron chi connectivity index (χ1n) is 9.92. The van der Waals surface area contributed by atoms with Crippen molar-refractivity contribution in [3.8, 4) is 0 Å². The highest BCUT2D eigenvalue weighted by Crippen LogP contribution is 2.27. The van der Waals surface area contributed by atoms with Gasteiger partial charge < -0.3 is 14.4 Å². The largest absolute Gasteiger partial charge is 0.337 e. The highest BCUT2D eigenvalue weighted by Gasteiger charge is 2.27. The summed E-state index contributed by atoms with van der Waals surface area (Å²) >= 11 is 0. The molecule has 0 aliphatic carbocycles. The van der Waals surface area contributed by atoms with Crippen molar-refractivity contribution >= 4 is 16.8 Å². The van der Waals surface area contributed by atoms with E-state index >= 15 is 0 Å². The third-order valence-electron chi connectivity index (χ3n) is 5.50. The Balaban J connectivity index is 1.41. The summed E-state index contributed by atoms with van der Waals surface area (Å²) in [6.45, 7) is 3.44. The second-order valence-corrected chi connectivity index (χ2v) is 7.74. The summed E-state index contributed by atoms with van der Waals surface area (Å²) in [6, 6.07) is 11.7. The lowest BCUT2D eigenvalue weighted by Gasteiger charge is -2.32. The van der Waals surface area contributed by atoms with E-state index in [1.165, 1.54) is 0 Å². The molecule has 3 aromatic rings. The second kappa shape index (κ2) is 8.10. The highest BCUT2D eigenvalue weighted by atomic mass is 16.2. The van der Waals surface area contributed by atoms with Crippen LogP contribution in [0.5, 0.6) is 0 Å². The quantitative estimate of drug-likeness (QED) is 0.686. The summed E-state index contributed by atoms with van der Waals surface area (Å²) in [6.07, 6.45) is 5.84. The van der Waals surface area contributed by atoms with Crippen molar-refractivity contribution in [2.45, 2.75) is 25.3 Å². The lowest BCUT2D eigenvalue weighted by atomic mass is 9.95. The third-order valence-corrected chi connectivity index (χ3v) is 5.50. The van der Waals surface area contributed by atoms with Crippen LogP contribution < -0.4 is 0 Å². The van der Waals surface area contributed by atoms with Gasteiger partial charge >= 0.3 is 0 Å². The van der Waals surface area contributed by atoms with Crippen molar-refractivity contribution in [1.29, 1.82) is 0 Å². The van der Waals surface area contributed by atoms with E-state index < -0.39 is 0 Å². The zero-order valence-electron chi connectivity index (χ0n) is 16.6. The minimum atomic E-state index is 0.0279. The molecule has 0 N–H and O–H groups in total. The summed E-state index contributed by atoms with van der Waals surface area (Å²) in [5.41, 5.74) is 1.40. The lowest BCUT2D eigenvalue weighted by Crippen LogP contribution is -2.38. The van der Waals surface area contributed by atoms with E-state index in [0.29, 0.717) is 11.6 Å². The number of likely N-dealkylation sites (tertiary alicyclic amines) is 1. The van der Waals surface area contributed by atoms with Crippen LogP contribution in [0, 0.1) is 0 Å². The molecule has 0 spiro atoms. The van der Waals surface area contributed by atoms with Crippen molar-refractivity contribution in [2.75, 3.05) is 33.7 Å². The van der Waals surface area contributed by atoms with Crippen LogP contribution in [-0.2, 0) is 6.54 Å². The van der Waals surface area contributed by atoms with E-state index in [1.54, 1.807) is 0 Å². The number of piperidine rings is 1. The number of carbonyl (C=O) groups is 1. The van der Waals surface area contributed by atoms with Crippen LogP contribution in [0.1, 0.15) is 35.1 Å². The molecule has 0 radical (unpaired) electrons. The monoisotopic (exact) mass is 377 g/mol. The minimum absolute atomic E-state index is 0.0279. The van der Waals surface area contributed by atoms with Crippen LogP contribution in [0.2, 0.25) is 0 Å². The first kappa shape index (κ1) is 18.6. The number of amides is 1. The van der Waals surface area contributed by atoms with Gasteiger partial charge in [-0.25, -0.2) is 9.97 Å². The SMILES string of the molecule is CN(C)CCn1ccnc1C1CCN(C(=O)c2ccc3ccccc3n2)CC1. The number of benzene rings is 1. The number of imidazole rings is 1. The number of hydrogen-bond donors (Lipinski definition) is 0. The molecule has 1 aliphatic rings. The number of carbonyl (C=O) groups excluding carboxylic acids is 1. The number of likely N-dealkylation sites (N-methyl/N-ethyl adjacent to an activating group) is 1. The average Bonchev–Trinajstić information content (AvgIpc) is 3.20. The van der Waals surface area contributed by atoms with Crippen molar-refractivity contribution in [1.82, 2.24) is 24.3 Å². The molecular weight excluding hydrogens is 350 g/mol. The fraction of sp³-hybridized carbons (Fsp3) is 0.409. The van der Waals surface area contributed by atoms with Gasteiger partial charge in [0, 0.05) is 49.9 Å². The first-order valence-corrected chi connectivity index (χ1v) is 9.92. The number of rotatable bonds is 5. The van der Waals surface area contributed by atoms with Gasteiger partial charge in [-0.1, -0.05) is 24.3 Å². The number of fused-ring (bicyclic) bond motifs is 1. The molecule has 1 fully saturated rings. The van der Waals surface area contributed by atoms with Crippen LogP contribution in [-0.4, -0.2) is 64.0 Å². The first-order chi connectivity index (χ1) is 13.6. The number of pyridine rings is 1. The van der Waals surface area contributed by atoms with E-state index in [4.69, 9.17) is 0 Å². The molecule has 0 atom stereocenters. The van der Waals surface area contributed by atoms with Crippen LogP contribution in [0.15, 0.2) is 48.8 Å². The average molecular weight is 377 g/mol. The van der Waals surface area contributed by atoms with Crippen molar-refractivity contribution < 1.29 is 4.79 Å². The fourth-order valence-electron chi connectivity index (χ4n) is 3.87. The van der Waals surface area contributed by atoms with Gasteiger partial charge in [0.05, 0.1) is 5.52 Å². The maximum absolute atomic E-state index is 12.9. The van der Waals surface area contributed by atoms with Gasteiger partial charge in [-0.15, -0.1) is 0 Å². The van der Waals surface area contributed by atoms with E-state index in [2.05, 4.69) is 39.7 Å². The third kappa shape index (κ3) is 3.92. The van der Waals surface area contributed by atoms with Crippen molar-refractivity contribution in [3.63, 3.8) is 0 Å². The maximum atomic E-state index is 12.9. The zero-order valence-corrected chi connectivity index (χ0v) is 16.6. The smallest absolute Gasteiger partial charge is 0.272 e. The van der Waals surface area contributed by atoms with Crippen LogP contribution >= 0.6 is 0 Å². The standard InChI is InChI=1S/C22H27N5O/c1-25(2)15-16-26-14-11-23-21(26)18-9-12-27(13-10-18)22(28)20-8-7-17-5-3-4-6-19(17)24-20/h3-8,11,14,18H,9-10,12-13,15-16H2,1-2H3. The van der Waals surface area contributed by atoms with E-state index in [9.17, 15) is 4.79 Å². The fourth-order valence-corrected chi connectivity index (χ4v) is 3.87. The Morgan fingerprint density at radius 2 is 1.93 bits per heavy atom. The van der Waals surface area contributed by atoms with Gasteiger partial charge in [-0.3, -0.25) is 4.79 Å². The molecule has 1 aromatic carbocycles. The molecule has 146 valence electrons. The Labute approximate surface area is 165 Å². The maximum Gasteiger partial charge on any atom is 0.272 e. The van der Waals surface area contributed by atoms with Crippen LogP contribution in [0.25, 0.3) is 10.9 Å². The van der Waals surface area contributed by atoms with Gasteiger partial charge in [0.1, 0.15) is 11.5 Å². The zero-order chi connectivity index (χ0) is 19.5. The summed E-state index contributed by atoms with van der Waals surface area (Å²) in [5.74, 6) is 1.59. The minimum Gasteiger partial charge on any atom is -0.337 e. The molecule has 1 aliphatic heterocycles. The summed E-state index contributed by atoms with van der Waals surface area (Å²) in [4.78, 5) is 26.2. The normalized spacial score (nSPS) is 15.5. The van der Waals surface area contributed by atoms with Gasteiger partial charge in [0.15, 0.2) is 0 Å². The Morgan fingerprint density at radius 1 is 1.14 bits per heavy atom. The predicted octanol–water partition coefficient (Wildman–Crippen LogP) is 3.01. The molecule has 1 amide bonds.